The van der Waals surface area contributed by atoms with E-state index in [0.29, 0.717) is 6.54 Å². The van der Waals surface area contributed by atoms with Gasteiger partial charge in [-0.05, 0) is 20.9 Å². The molecule has 4 heteroatoms. The van der Waals surface area contributed by atoms with Crippen LogP contribution in [-0.4, -0.2) is 48.7 Å². The van der Waals surface area contributed by atoms with Crippen molar-refractivity contribution in [3.8, 4) is 0 Å². The highest BCUT2D eigenvalue weighted by Gasteiger charge is 1.65. The average molecular weight is 167 g/mol. The lowest BCUT2D eigenvalue weighted by Crippen LogP contribution is -2.10. The number of likely N-dealkylation sites (N-methyl/N-ethyl adjacent to an activating group) is 1. The van der Waals surface area contributed by atoms with Crippen LogP contribution in [0.25, 0.3) is 0 Å². The lowest BCUT2D eigenvalue weighted by atomic mass is 10.7. The van der Waals surface area contributed by atoms with Crippen LogP contribution in [0.2, 0.25) is 0 Å². The number of hydrogen-bond acceptors (Lipinski definition) is 4. The number of nitrogens with one attached hydrogen (secondary N) is 1. The van der Waals surface area contributed by atoms with Crippen LogP contribution >= 0.6 is 0 Å². The molecule has 0 aliphatic rings. The summed E-state index contributed by atoms with van der Waals surface area (Å²) in [5.41, 5.74) is 0. The smallest absolute Gasteiger partial charge is 0.0555 e. The van der Waals surface area contributed by atoms with E-state index in [1.165, 1.54) is 0 Å². The monoisotopic (exact) mass is 167 g/mol. The van der Waals surface area contributed by atoms with Crippen molar-refractivity contribution in [2.24, 2.45) is 0 Å². The van der Waals surface area contributed by atoms with Crippen LogP contribution in [0.5, 0.6) is 0 Å². The fourth-order valence-corrected chi connectivity index (χ4v) is 0.112. The van der Waals surface area contributed by atoms with E-state index in [1.807, 2.05) is 0 Å². The van der Waals surface area contributed by atoms with E-state index in [0.717, 1.165) is 0 Å². The third-order valence-corrected chi connectivity index (χ3v) is 0.362. The molecule has 0 saturated heterocycles. The van der Waals surface area contributed by atoms with Crippen molar-refractivity contribution in [2.75, 3.05) is 33.4 Å². The van der Waals surface area contributed by atoms with Gasteiger partial charge in [0.15, 0.2) is 0 Å². The second kappa shape index (κ2) is 32.8. The molecule has 0 spiro atoms. The third kappa shape index (κ3) is 179. The van der Waals surface area contributed by atoms with Crippen molar-refractivity contribution in [3.05, 3.63) is 0 Å². The number of aliphatic hydroxyl groups excluding tert-OH is 3. The predicted octanol–water partition coefficient (Wildman–Crippen LogP) is -0.805. The molecule has 11 heavy (non-hydrogen) atoms. The molecule has 0 aromatic rings. The number of aliphatic hydroxyl groups is 3. The molecule has 0 rings (SSSR count). The molecule has 0 aromatic heterocycles. The minimum atomic E-state index is 0.233. The van der Waals surface area contributed by atoms with Gasteiger partial charge in [-0.1, -0.05) is 0 Å². The molecule has 0 radical (unpaired) electrons. The van der Waals surface area contributed by atoms with Crippen LogP contribution in [0.15, 0.2) is 0 Å². The first-order valence-electron chi connectivity index (χ1n) is 3.72. The molecule has 0 atom stereocenters. The fourth-order valence-electron chi connectivity index (χ4n) is 0.112. The van der Waals surface area contributed by atoms with Crippen LogP contribution in [0, 0.1) is 0 Å². The lowest BCUT2D eigenvalue weighted by Gasteiger charge is -1.84. The Bertz CT molecular complexity index is 32.9. The largest absolute Gasteiger partial charge is 0.397 e. The molecule has 0 aromatic carbocycles. The van der Waals surface area contributed by atoms with Crippen LogP contribution < -0.4 is 5.32 Å². The molecule has 0 heterocycles. The predicted molar refractivity (Wildman–Crippen MR) is 46.5 cm³/mol. The summed E-state index contributed by atoms with van der Waals surface area (Å²) in [6.07, 6.45) is 0. The van der Waals surface area contributed by atoms with Gasteiger partial charge in [0, 0.05) is 19.8 Å². The molecule has 0 unspecified atom stereocenters. The summed E-state index contributed by atoms with van der Waals surface area (Å²) < 4.78 is 0. The second-order valence-electron chi connectivity index (χ2n) is 1.46. The average Bonchev–Trinajstić information content (AvgIpc) is 1.92. The van der Waals surface area contributed by atoms with Gasteiger partial charge < -0.3 is 20.6 Å². The normalized spacial score (nSPS) is 7.09. The van der Waals surface area contributed by atoms with Gasteiger partial charge >= 0.3 is 0 Å². The van der Waals surface area contributed by atoms with Gasteiger partial charge in [0.1, 0.15) is 0 Å². The number of hydrogen-bond donors (Lipinski definition) is 4. The second-order valence-corrected chi connectivity index (χ2v) is 1.46. The molecule has 0 saturated carbocycles. The molecule has 0 aliphatic carbocycles. The summed E-state index contributed by atoms with van der Waals surface area (Å²) in [5, 5.41) is 25.9. The maximum Gasteiger partial charge on any atom is 0.0555 e. The van der Waals surface area contributed by atoms with Crippen molar-refractivity contribution in [2.45, 2.75) is 13.8 Å². The Morgan fingerprint density at radius 2 is 1.27 bits per heavy atom. The first-order chi connectivity index (χ1) is 5.24. The van der Waals surface area contributed by atoms with Gasteiger partial charge in [0.2, 0.25) is 0 Å². The summed E-state index contributed by atoms with van der Waals surface area (Å²) in [7, 11) is 1.80. The van der Waals surface area contributed by atoms with Crippen molar-refractivity contribution < 1.29 is 15.3 Å². The van der Waals surface area contributed by atoms with Gasteiger partial charge in [-0.2, -0.15) is 0 Å². The maximum absolute atomic E-state index is 8.00. The molecule has 4 nitrogen and oxygen atoms in total. The van der Waals surface area contributed by atoms with Crippen molar-refractivity contribution >= 4 is 0 Å². The fraction of sp³-hybridized carbons (Fsp3) is 1.00. The molecule has 4 N–H and O–H groups in total. The summed E-state index contributed by atoms with van der Waals surface area (Å²) in [6.45, 7) is 4.79. The first-order valence-corrected chi connectivity index (χ1v) is 3.72. The van der Waals surface area contributed by atoms with Crippen LogP contribution in [0.1, 0.15) is 13.8 Å². The summed E-state index contributed by atoms with van der Waals surface area (Å²) in [4.78, 5) is 0. The Balaban J connectivity index is -0.0000000933. The van der Waals surface area contributed by atoms with Crippen LogP contribution in [0.3, 0.4) is 0 Å². The quantitative estimate of drug-likeness (QED) is 0.434. The summed E-state index contributed by atoms with van der Waals surface area (Å²) >= 11 is 0. The van der Waals surface area contributed by atoms with E-state index in [4.69, 9.17) is 15.3 Å². The molecular weight excluding hydrogens is 146 g/mol. The first kappa shape index (κ1) is 17.1. The number of rotatable bonds is 2. The Morgan fingerprint density at radius 1 is 1.00 bits per heavy atom. The highest BCUT2D eigenvalue weighted by molar-refractivity contribution is 4.27. The molecule has 0 aliphatic heterocycles. The van der Waals surface area contributed by atoms with Gasteiger partial charge in [-0.3, -0.25) is 0 Å². The van der Waals surface area contributed by atoms with Gasteiger partial charge in [0.05, 0.1) is 6.61 Å². The van der Waals surface area contributed by atoms with Crippen LogP contribution in [-0.2, 0) is 0 Å². The summed E-state index contributed by atoms with van der Waals surface area (Å²) in [5.74, 6) is 0. The van der Waals surface area contributed by atoms with Crippen molar-refractivity contribution in [1.82, 2.24) is 5.32 Å². The Kier molecular flexibility index (Phi) is 51.0. The van der Waals surface area contributed by atoms with E-state index < -0.39 is 0 Å². The van der Waals surface area contributed by atoms with E-state index >= 15 is 0 Å². The summed E-state index contributed by atoms with van der Waals surface area (Å²) in [6, 6.07) is 0. The Labute approximate surface area is 68.9 Å². The highest BCUT2D eigenvalue weighted by atomic mass is 16.3. The third-order valence-electron chi connectivity index (χ3n) is 0.362. The highest BCUT2D eigenvalue weighted by Crippen LogP contribution is 1.42. The molecular formula is C7H21NO3. The minimum Gasteiger partial charge on any atom is -0.397 e. The maximum atomic E-state index is 8.00. The molecule has 0 amide bonds. The van der Waals surface area contributed by atoms with Crippen molar-refractivity contribution in [1.29, 1.82) is 0 Å². The lowest BCUT2D eigenvalue weighted by molar-refractivity contribution is 0.296. The van der Waals surface area contributed by atoms with Crippen molar-refractivity contribution in [3.63, 3.8) is 0 Å². The Morgan fingerprint density at radius 3 is 1.27 bits per heavy atom. The Hall–Kier alpha value is -0.160. The van der Waals surface area contributed by atoms with Gasteiger partial charge in [-0.25, -0.2) is 0 Å². The zero-order valence-corrected chi connectivity index (χ0v) is 7.67. The molecule has 0 bridgehead atoms. The molecule has 72 valence electrons. The van der Waals surface area contributed by atoms with E-state index in [2.05, 4.69) is 5.32 Å². The standard InChI is InChI=1S/C3H9NO.2C2H6O/c1-4-2-3-5;2*1-2-3/h4-5H,2-3H2,1H3;2*3H,2H2,1H3. The SMILES string of the molecule is CCO.CCO.CNCCO. The zero-order chi connectivity index (χ0) is 9.54. The van der Waals surface area contributed by atoms with Crippen LogP contribution in [0.4, 0.5) is 0 Å². The van der Waals surface area contributed by atoms with Gasteiger partial charge in [0.25, 0.3) is 0 Å². The minimum absolute atomic E-state index is 0.233. The van der Waals surface area contributed by atoms with E-state index in [-0.39, 0.29) is 19.8 Å². The van der Waals surface area contributed by atoms with Gasteiger partial charge in [-0.15, -0.1) is 0 Å². The van der Waals surface area contributed by atoms with E-state index in [9.17, 15) is 0 Å². The van der Waals surface area contributed by atoms with E-state index in [1.54, 1.807) is 20.9 Å². The molecule has 0 fully saturated rings. The zero-order valence-electron chi connectivity index (χ0n) is 7.67. The topological polar surface area (TPSA) is 72.7 Å².